The van der Waals surface area contributed by atoms with Crippen LogP contribution in [0, 0.1) is 25.2 Å². The van der Waals surface area contributed by atoms with E-state index in [1.165, 1.54) is 31.0 Å². The lowest BCUT2D eigenvalue weighted by Crippen LogP contribution is -2.29. The molecule has 1 atom stereocenters. The van der Waals surface area contributed by atoms with Crippen molar-refractivity contribution in [3.05, 3.63) is 87.6 Å². The number of para-hydroxylation sites is 1. The van der Waals surface area contributed by atoms with Crippen LogP contribution in [-0.2, 0) is 14.3 Å². The van der Waals surface area contributed by atoms with Crippen molar-refractivity contribution in [1.82, 2.24) is 5.32 Å². The van der Waals surface area contributed by atoms with Crippen LogP contribution in [0.15, 0.2) is 70.9 Å². The molecule has 1 unspecified atom stereocenters. The molecule has 0 radical (unpaired) electrons. The molecule has 3 rings (SSSR count). The van der Waals surface area contributed by atoms with Gasteiger partial charge in [0, 0.05) is 11.4 Å². The van der Waals surface area contributed by atoms with Crippen molar-refractivity contribution >= 4 is 29.3 Å². The van der Waals surface area contributed by atoms with Gasteiger partial charge in [-0.3, -0.25) is 4.79 Å². The quantitative estimate of drug-likeness (QED) is 0.319. The van der Waals surface area contributed by atoms with Crippen LogP contribution in [0.3, 0.4) is 0 Å². The zero-order valence-corrected chi connectivity index (χ0v) is 22.0. The molecule has 192 valence electrons. The maximum Gasteiger partial charge on any atom is 0.337 e. The number of rotatable bonds is 9. The standard InChI is InChI=1S/C28H29N3O5S/c1-6-12-36-28(34)24-18(4)30-27(37-15-23(33)31-26-16(2)8-7-9-17(26)3)20(14-29)25(24)19-10-11-21(32)22(13-19)35-5/h6-11,13,25,30,32H,1,12,15H2,2-5H3,(H,31,33). The molecule has 3 N–H and O–H groups in total. The number of carbonyl (C=O) groups is 2. The van der Waals surface area contributed by atoms with Crippen LogP contribution < -0.4 is 15.4 Å². The second kappa shape index (κ2) is 12.2. The van der Waals surface area contributed by atoms with Gasteiger partial charge in [0.25, 0.3) is 0 Å². The summed E-state index contributed by atoms with van der Waals surface area (Å²) in [6, 6.07) is 12.6. The molecule has 0 saturated carbocycles. The molecule has 2 aromatic rings. The fourth-order valence-corrected chi connectivity index (χ4v) is 4.93. The van der Waals surface area contributed by atoms with Crippen molar-refractivity contribution in [2.45, 2.75) is 26.7 Å². The van der Waals surface area contributed by atoms with E-state index in [1.807, 2.05) is 32.0 Å². The Balaban J connectivity index is 1.97. The number of allylic oxidation sites excluding steroid dienone is 2. The first-order valence-corrected chi connectivity index (χ1v) is 12.5. The largest absolute Gasteiger partial charge is 0.504 e. The number of aromatic hydroxyl groups is 1. The fourth-order valence-electron chi connectivity index (χ4n) is 4.04. The van der Waals surface area contributed by atoms with Crippen LogP contribution in [0.4, 0.5) is 5.69 Å². The monoisotopic (exact) mass is 519 g/mol. The number of dihydropyridines is 1. The Morgan fingerprint density at radius 2 is 1.95 bits per heavy atom. The van der Waals surface area contributed by atoms with Crippen LogP contribution in [0.1, 0.15) is 29.5 Å². The average Bonchev–Trinajstić information content (AvgIpc) is 2.88. The maximum atomic E-state index is 13.0. The van der Waals surface area contributed by atoms with E-state index in [0.29, 0.717) is 16.3 Å². The number of carbonyl (C=O) groups excluding carboxylic acids is 2. The maximum absolute atomic E-state index is 13.0. The van der Waals surface area contributed by atoms with E-state index in [2.05, 4.69) is 23.3 Å². The summed E-state index contributed by atoms with van der Waals surface area (Å²) in [6.07, 6.45) is 1.46. The number of esters is 1. The second-order valence-corrected chi connectivity index (χ2v) is 9.36. The first-order chi connectivity index (χ1) is 17.7. The SMILES string of the molecule is C=CCOC(=O)C1=C(C)NC(SCC(=O)Nc2c(C)cccc2C)=C(C#N)C1c1ccc(O)c(OC)c1. The summed E-state index contributed by atoms with van der Waals surface area (Å²) >= 11 is 1.17. The highest BCUT2D eigenvalue weighted by Crippen LogP contribution is 2.43. The van der Waals surface area contributed by atoms with Gasteiger partial charge in [0.1, 0.15) is 6.61 Å². The Kier molecular flexibility index (Phi) is 9.04. The average molecular weight is 520 g/mol. The molecule has 1 aliphatic heterocycles. The molecule has 0 bridgehead atoms. The van der Waals surface area contributed by atoms with E-state index in [4.69, 9.17) is 9.47 Å². The minimum atomic E-state index is -0.803. The van der Waals surface area contributed by atoms with Crippen LogP contribution in [0.2, 0.25) is 0 Å². The number of nitriles is 1. The minimum absolute atomic E-state index is 0.00688. The van der Waals surface area contributed by atoms with Gasteiger partial charge < -0.3 is 25.2 Å². The van der Waals surface area contributed by atoms with E-state index >= 15 is 0 Å². The highest BCUT2D eigenvalue weighted by molar-refractivity contribution is 8.03. The molecular weight excluding hydrogens is 490 g/mol. The molecule has 8 nitrogen and oxygen atoms in total. The molecule has 1 heterocycles. The molecule has 0 spiro atoms. The van der Waals surface area contributed by atoms with Crippen molar-refractivity contribution in [2.24, 2.45) is 0 Å². The van der Waals surface area contributed by atoms with E-state index in [-0.39, 0.29) is 40.9 Å². The zero-order valence-electron chi connectivity index (χ0n) is 21.2. The Morgan fingerprint density at radius 1 is 1.24 bits per heavy atom. The van der Waals surface area contributed by atoms with E-state index in [1.54, 1.807) is 19.1 Å². The number of nitrogens with zero attached hydrogens (tertiary/aromatic N) is 1. The van der Waals surface area contributed by atoms with Crippen LogP contribution in [0.25, 0.3) is 0 Å². The van der Waals surface area contributed by atoms with Crippen molar-refractivity contribution in [1.29, 1.82) is 5.26 Å². The lowest BCUT2D eigenvalue weighted by molar-refractivity contribution is -0.138. The molecule has 9 heteroatoms. The number of anilines is 1. The van der Waals surface area contributed by atoms with E-state index in [0.717, 1.165) is 16.8 Å². The topological polar surface area (TPSA) is 121 Å². The summed E-state index contributed by atoms with van der Waals surface area (Å²) in [7, 11) is 1.42. The van der Waals surface area contributed by atoms with Crippen molar-refractivity contribution < 1.29 is 24.2 Å². The highest BCUT2D eigenvalue weighted by atomic mass is 32.2. The van der Waals surface area contributed by atoms with Gasteiger partial charge in [0.2, 0.25) is 5.91 Å². The fraction of sp³-hybridized carbons (Fsp3) is 0.250. The number of thioether (sulfide) groups is 1. The Hall–Kier alpha value is -4.16. The van der Waals surface area contributed by atoms with Crippen molar-refractivity contribution in [2.75, 3.05) is 24.8 Å². The van der Waals surface area contributed by atoms with Gasteiger partial charge in [-0.15, -0.1) is 0 Å². The number of amides is 1. The zero-order chi connectivity index (χ0) is 27.1. The first kappa shape index (κ1) is 27.4. The number of phenolic OH excluding ortho intramolecular Hbond substituents is 1. The summed E-state index contributed by atoms with van der Waals surface area (Å²) in [5.74, 6) is -1.47. The van der Waals surface area contributed by atoms with Gasteiger partial charge in [-0.1, -0.05) is 48.7 Å². The van der Waals surface area contributed by atoms with Crippen LogP contribution in [0.5, 0.6) is 11.5 Å². The summed E-state index contributed by atoms with van der Waals surface area (Å²) in [4.78, 5) is 25.8. The van der Waals surface area contributed by atoms with Crippen LogP contribution >= 0.6 is 11.8 Å². The second-order valence-electron chi connectivity index (χ2n) is 8.37. The lowest BCUT2D eigenvalue weighted by Gasteiger charge is -2.29. The number of benzene rings is 2. The number of hydrogen-bond donors (Lipinski definition) is 3. The molecule has 0 aliphatic carbocycles. The van der Waals surface area contributed by atoms with Gasteiger partial charge in [0.15, 0.2) is 11.5 Å². The van der Waals surface area contributed by atoms with E-state index in [9.17, 15) is 20.0 Å². The third-order valence-corrected chi connectivity index (χ3v) is 6.85. The number of methoxy groups -OCH3 is 1. The normalized spacial score (nSPS) is 14.9. The van der Waals surface area contributed by atoms with Gasteiger partial charge in [-0.25, -0.2) is 4.79 Å². The molecule has 0 aromatic heterocycles. The Labute approximate surface area is 220 Å². The molecular formula is C28H29N3O5S. The first-order valence-electron chi connectivity index (χ1n) is 11.5. The third-order valence-electron chi connectivity index (χ3n) is 5.83. The third kappa shape index (κ3) is 6.16. The van der Waals surface area contributed by atoms with Gasteiger partial charge >= 0.3 is 5.97 Å². The molecule has 0 fully saturated rings. The number of aryl methyl sites for hydroxylation is 2. The van der Waals surface area contributed by atoms with Crippen molar-refractivity contribution in [3.8, 4) is 17.6 Å². The minimum Gasteiger partial charge on any atom is -0.504 e. The van der Waals surface area contributed by atoms with Gasteiger partial charge in [-0.2, -0.15) is 5.26 Å². The summed E-state index contributed by atoms with van der Waals surface area (Å²) in [5.41, 5.74) is 4.20. The lowest BCUT2D eigenvalue weighted by atomic mass is 9.82. The number of phenols is 1. The summed E-state index contributed by atoms with van der Waals surface area (Å²) in [6.45, 7) is 9.14. The molecule has 1 amide bonds. The van der Waals surface area contributed by atoms with Crippen LogP contribution in [-0.4, -0.2) is 36.5 Å². The smallest absolute Gasteiger partial charge is 0.337 e. The number of hydrogen-bond acceptors (Lipinski definition) is 8. The van der Waals surface area contributed by atoms with Gasteiger partial charge in [-0.05, 0) is 49.6 Å². The van der Waals surface area contributed by atoms with Crippen molar-refractivity contribution in [3.63, 3.8) is 0 Å². The van der Waals surface area contributed by atoms with Gasteiger partial charge in [0.05, 0.1) is 41.0 Å². The summed E-state index contributed by atoms with van der Waals surface area (Å²) < 4.78 is 10.6. The Bertz CT molecular complexity index is 1320. The summed E-state index contributed by atoms with van der Waals surface area (Å²) in [5, 5.41) is 26.8. The number of nitrogens with one attached hydrogen (secondary N) is 2. The molecule has 0 saturated heterocycles. The molecule has 1 aliphatic rings. The van der Waals surface area contributed by atoms with E-state index < -0.39 is 11.9 Å². The highest BCUT2D eigenvalue weighted by Gasteiger charge is 2.36. The predicted molar refractivity (Wildman–Crippen MR) is 144 cm³/mol. The molecule has 2 aromatic carbocycles. The Morgan fingerprint density at radius 3 is 2.57 bits per heavy atom. The predicted octanol–water partition coefficient (Wildman–Crippen LogP) is 4.81. The molecule has 37 heavy (non-hydrogen) atoms. The number of ether oxygens (including phenoxy) is 2.